The third-order valence-corrected chi connectivity index (χ3v) is 3.29. The molecule has 0 radical (unpaired) electrons. The highest BCUT2D eigenvalue weighted by molar-refractivity contribution is 14.1. The number of amides is 1. The lowest BCUT2D eigenvalue weighted by molar-refractivity contribution is -0.132. The zero-order valence-electron chi connectivity index (χ0n) is 9.14. The largest absolute Gasteiger partial charge is 0.444 e. The van der Waals surface area contributed by atoms with E-state index in [2.05, 4.69) is 27.9 Å². The van der Waals surface area contributed by atoms with E-state index < -0.39 is 6.23 Å². The third-order valence-electron chi connectivity index (χ3n) is 2.62. The maximum Gasteiger partial charge on any atom is 0.294 e. The summed E-state index contributed by atoms with van der Waals surface area (Å²) in [5.74, 6) is -0.106. The summed E-state index contributed by atoms with van der Waals surface area (Å²) >= 11 is 2.18. The number of carbonyl (C=O) groups excluding carboxylic acids is 2. The molecule has 0 saturated heterocycles. The Hall–Kier alpha value is -1.31. The molecule has 1 unspecified atom stereocenters. The molecule has 1 atom stereocenters. The molecule has 1 aliphatic rings. The Balaban J connectivity index is 2.40. The molecule has 0 spiro atoms. The van der Waals surface area contributed by atoms with E-state index in [1.54, 1.807) is 13.0 Å². The van der Waals surface area contributed by atoms with Gasteiger partial charge in [0.2, 0.25) is 0 Å². The van der Waals surface area contributed by atoms with Crippen molar-refractivity contribution in [2.24, 2.45) is 0 Å². The average Bonchev–Trinajstić information content (AvgIpc) is 2.29. The van der Waals surface area contributed by atoms with Gasteiger partial charge < -0.3 is 15.0 Å². The van der Waals surface area contributed by atoms with E-state index in [0.29, 0.717) is 18.7 Å². The zero-order valence-corrected chi connectivity index (χ0v) is 11.3. The lowest BCUT2D eigenvalue weighted by Crippen LogP contribution is -2.48. The number of anilines is 1. The minimum Gasteiger partial charge on any atom is -0.444 e. The first-order valence-electron chi connectivity index (χ1n) is 5.07. The van der Waals surface area contributed by atoms with Gasteiger partial charge >= 0.3 is 0 Å². The molecule has 1 aromatic carbocycles. The molecule has 2 rings (SSSR count). The number of fused-ring (bicyclic) bond motifs is 1. The number of carbonyl (C=O) groups is 2. The van der Waals surface area contributed by atoms with Crippen molar-refractivity contribution in [2.75, 3.05) is 11.6 Å². The SMILES string of the molecule is CC(OC=O)N1CNC(=O)c2ccc(I)cc21. The number of nitrogens with one attached hydrogen (secondary N) is 1. The van der Waals surface area contributed by atoms with Crippen molar-refractivity contribution in [1.82, 2.24) is 5.32 Å². The predicted octanol–water partition coefficient (Wildman–Crippen LogP) is 1.32. The van der Waals surface area contributed by atoms with Gasteiger partial charge in [-0.15, -0.1) is 0 Å². The van der Waals surface area contributed by atoms with Crippen molar-refractivity contribution < 1.29 is 14.3 Å². The molecule has 6 heteroatoms. The highest BCUT2D eigenvalue weighted by Crippen LogP contribution is 2.27. The second kappa shape index (κ2) is 4.91. The van der Waals surface area contributed by atoms with Crippen LogP contribution in [0, 0.1) is 3.57 Å². The Morgan fingerprint density at radius 2 is 2.35 bits per heavy atom. The molecule has 17 heavy (non-hydrogen) atoms. The fourth-order valence-electron chi connectivity index (χ4n) is 1.75. The van der Waals surface area contributed by atoms with Gasteiger partial charge in [-0.2, -0.15) is 0 Å². The van der Waals surface area contributed by atoms with Crippen LogP contribution in [0.2, 0.25) is 0 Å². The molecule has 0 fully saturated rings. The fraction of sp³-hybridized carbons (Fsp3) is 0.273. The quantitative estimate of drug-likeness (QED) is 0.663. The number of hydrogen-bond acceptors (Lipinski definition) is 4. The standard InChI is InChI=1S/C11H11IN2O3/c1-7(17-6-15)14-5-13-11(16)9-3-2-8(12)4-10(9)14/h2-4,6-7H,5H2,1H3,(H,13,16). The highest BCUT2D eigenvalue weighted by atomic mass is 127. The minimum absolute atomic E-state index is 0.106. The average molecular weight is 346 g/mol. The predicted molar refractivity (Wildman–Crippen MR) is 70.6 cm³/mol. The smallest absolute Gasteiger partial charge is 0.294 e. The molecule has 1 heterocycles. The van der Waals surface area contributed by atoms with Gasteiger partial charge in [0, 0.05) is 3.57 Å². The van der Waals surface area contributed by atoms with Crippen molar-refractivity contribution in [3.05, 3.63) is 27.3 Å². The van der Waals surface area contributed by atoms with Gasteiger partial charge in [-0.05, 0) is 47.7 Å². The van der Waals surface area contributed by atoms with Crippen LogP contribution >= 0.6 is 22.6 Å². The summed E-state index contributed by atoms with van der Waals surface area (Å²) < 4.78 is 5.93. The van der Waals surface area contributed by atoms with Gasteiger partial charge in [0.15, 0.2) is 6.23 Å². The van der Waals surface area contributed by atoms with Crippen LogP contribution in [0.3, 0.4) is 0 Å². The maximum atomic E-state index is 11.7. The van der Waals surface area contributed by atoms with Crippen LogP contribution in [0.15, 0.2) is 18.2 Å². The summed E-state index contributed by atoms with van der Waals surface area (Å²) in [4.78, 5) is 23.9. The summed E-state index contributed by atoms with van der Waals surface area (Å²) in [7, 11) is 0. The van der Waals surface area contributed by atoms with Crippen LogP contribution < -0.4 is 10.2 Å². The van der Waals surface area contributed by atoms with Crippen LogP contribution in [-0.4, -0.2) is 25.3 Å². The van der Waals surface area contributed by atoms with Crippen molar-refractivity contribution in [2.45, 2.75) is 13.2 Å². The van der Waals surface area contributed by atoms with E-state index in [1.807, 2.05) is 17.0 Å². The monoisotopic (exact) mass is 346 g/mol. The Labute approximate surface area is 112 Å². The molecule has 0 aromatic heterocycles. The normalized spacial score (nSPS) is 15.9. The number of nitrogens with zero attached hydrogens (tertiary/aromatic N) is 1. The van der Waals surface area contributed by atoms with E-state index in [0.717, 1.165) is 9.26 Å². The van der Waals surface area contributed by atoms with Gasteiger partial charge in [-0.1, -0.05) is 0 Å². The second-order valence-corrected chi connectivity index (χ2v) is 4.87. The maximum absolute atomic E-state index is 11.7. The van der Waals surface area contributed by atoms with Gasteiger partial charge in [0.1, 0.15) is 0 Å². The Morgan fingerprint density at radius 3 is 3.06 bits per heavy atom. The van der Waals surface area contributed by atoms with E-state index in [4.69, 9.17) is 4.74 Å². The van der Waals surface area contributed by atoms with Crippen LogP contribution in [0.5, 0.6) is 0 Å². The van der Waals surface area contributed by atoms with Crippen molar-refractivity contribution in [3.63, 3.8) is 0 Å². The van der Waals surface area contributed by atoms with Gasteiger partial charge in [0.25, 0.3) is 12.4 Å². The molecule has 1 amide bonds. The molecule has 1 N–H and O–H groups in total. The highest BCUT2D eigenvalue weighted by Gasteiger charge is 2.26. The molecule has 0 saturated carbocycles. The molecule has 0 bridgehead atoms. The van der Waals surface area contributed by atoms with Gasteiger partial charge in [0.05, 0.1) is 17.9 Å². The van der Waals surface area contributed by atoms with Gasteiger partial charge in [-0.3, -0.25) is 9.59 Å². The first-order valence-corrected chi connectivity index (χ1v) is 6.15. The van der Waals surface area contributed by atoms with Crippen LogP contribution in [-0.2, 0) is 9.53 Å². The molecule has 1 aromatic rings. The van der Waals surface area contributed by atoms with Crippen LogP contribution in [0.25, 0.3) is 0 Å². The number of ether oxygens (including phenoxy) is 1. The van der Waals surface area contributed by atoms with Crippen LogP contribution in [0.4, 0.5) is 5.69 Å². The fourth-order valence-corrected chi connectivity index (χ4v) is 2.22. The van der Waals surface area contributed by atoms with Crippen molar-refractivity contribution >= 4 is 40.7 Å². The summed E-state index contributed by atoms with van der Waals surface area (Å²) in [5.41, 5.74) is 1.38. The number of hydrogen-bond donors (Lipinski definition) is 1. The minimum atomic E-state index is -0.412. The lowest BCUT2D eigenvalue weighted by Gasteiger charge is -2.34. The number of halogens is 1. The molecular weight excluding hydrogens is 335 g/mol. The van der Waals surface area contributed by atoms with Crippen LogP contribution in [0.1, 0.15) is 17.3 Å². The number of benzene rings is 1. The lowest BCUT2D eigenvalue weighted by atomic mass is 10.1. The second-order valence-electron chi connectivity index (χ2n) is 3.63. The van der Waals surface area contributed by atoms with E-state index in [-0.39, 0.29) is 5.91 Å². The molecular formula is C11H11IN2O3. The molecule has 90 valence electrons. The topological polar surface area (TPSA) is 58.6 Å². The van der Waals surface area contributed by atoms with Gasteiger partial charge in [-0.25, -0.2) is 0 Å². The first-order chi connectivity index (χ1) is 8.13. The first kappa shape index (κ1) is 12.2. The van der Waals surface area contributed by atoms with Crippen molar-refractivity contribution in [3.8, 4) is 0 Å². The van der Waals surface area contributed by atoms with E-state index >= 15 is 0 Å². The Kier molecular flexibility index (Phi) is 3.51. The summed E-state index contributed by atoms with van der Waals surface area (Å²) in [6.45, 7) is 2.51. The Morgan fingerprint density at radius 1 is 1.59 bits per heavy atom. The van der Waals surface area contributed by atoms with E-state index in [1.165, 1.54) is 0 Å². The number of rotatable bonds is 3. The molecule has 0 aliphatic carbocycles. The molecule has 1 aliphatic heterocycles. The zero-order chi connectivity index (χ0) is 12.4. The Bertz CT molecular complexity index is 464. The summed E-state index contributed by atoms with van der Waals surface area (Å²) in [6.07, 6.45) is -0.412. The third kappa shape index (κ3) is 2.36. The molecule has 5 nitrogen and oxygen atoms in total. The summed E-state index contributed by atoms with van der Waals surface area (Å²) in [5, 5.41) is 2.74. The van der Waals surface area contributed by atoms with Crippen molar-refractivity contribution in [1.29, 1.82) is 0 Å². The summed E-state index contributed by atoms with van der Waals surface area (Å²) in [6, 6.07) is 5.54. The van der Waals surface area contributed by atoms with E-state index in [9.17, 15) is 9.59 Å².